The SMILES string of the molecule is CCOC(=O)c1ccc(NC(=O)Nc2nnc(-c3cc([N+](=O)[O-])cc([N+](=O)[O-])c3[O-])s2)cc1. The van der Waals surface area contributed by atoms with E-state index in [9.17, 15) is 34.9 Å². The van der Waals surface area contributed by atoms with Gasteiger partial charge in [-0.1, -0.05) is 11.3 Å². The molecule has 0 bridgehead atoms. The molecule has 15 heteroatoms. The quantitative estimate of drug-likeness (QED) is 0.292. The number of hydrogen-bond donors (Lipinski definition) is 2. The van der Waals surface area contributed by atoms with Crippen molar-refractivity contribution in [1.82, 2.24) is 10.2 Å². The van der Waals surface area contributed by atoms with Gasteiger partial charge in [0, 0.05) is 17.3 Å². The maximum Gasteiger partial charge on any atom is 0.338 e. The van der Waals surface area contributed by atoms with Crippen LogP contribution in [-0.2, 0) is 4.74 Å². The normalized spacial score (nSPS) is 10.3. The van der Waals surface area contributed by atoms with Crippen molar-refractivity contribution in [1.29, 1.82) is 0 Å². The van der Waals surface area contributed by atoms with E-state index < -0.39 is 44.5 Å². The van der Waals surface area contributed by atoms with Gasteiger partial charge >= 0.3 is 12.0 Å². The second kappa shape index (κ2) is 9.65. The molecule has 0 unspecified atom stereocenters. The maximum atomic E-state index is 12.3. The number of benzene rings is 2. The van der Waals surface area contributed by atoms with Gasteiger partial charge in [-0.3, -0.25) is 25.5 Å². The first-order valence-corrected chi connectivity index (χ1v) is 9.84. The third-order valence-corrected chi connectivity index (χ3v) is 4.86. The highest BCUT2D eigenvalue weighted by Crippen LogP contribution is 2.40. The van der Waals surface area contributed by atoms with Crippen LogP contribution in [0.2, 0.25) is 0 Å². The molecule has 0 saturated heterocycles. The smallest absolute Gasteiger partial charge is 0.338 e. The zero-order chi connectivity index (χ0) is 24.1. The van der Waals surface area contributed by atoms with Crippen molar-refractivity contribution < 1.29 is 29.3 Å². The Balaban J connectivity index is 1.75. The minimum absolute atomic E-state index is 0.0702. The fourth-order valence-electron chi connectivity index (χ4n) is 2.54. The predicted octanol–water partition coefficient (Wildman–Crippen LogP) is 2.92. The minimum Gasteiger partial charge on any atom is -0.867 e. The summed E-state index contributed by atoms with van der Waals surface area (Å²) in [7, 11) is 0. The largest absolute Gasteiger partial charge is 0.867 e. The van der Waals surface area contributed by atoms with Gasteiger partial charge < -0.3 is 15.2 Å². The van der Waals surface area contributed by atoms with Crippen LogP contribution in [-0.4, -0.2) is 38.7 Å². The molecular formula is C18H13N6O8S-. The summed E-state index contributed by atoms with van der Waals surface area (Å²) < 4.78 is 4.87. The van der Waals surface area contributed by atoms with Crippen molar-refractivity contribution in [3.05, 3.63) is 62.2 Å². The lowest BCUT2D eigenvalue weighted by atomic mass is 10.1. The Morgan fingerprint density at radius 3 is 2.36 bits per heavy atom. The van der Waals surface area contributed by atoms with Gasteiger partial charge in [0.15, 0.2) is 0 Å². The number of rotatable bonds is 7. The molecule has 2 amide bonds. The number of nitro benzene ring substituents is 2. The number of carbonyl (C=O) groups is 2. The molecule has 0 radical (unpaired) electrons. The zero-order valence-electron chi connectivity index (χ0n) is 16.6. The predicted molar refractivity (Wildman–Crippen MR) is 113 cm³/mol. The van der Waals surface area contributed by atoms with Crippen LogP contribution >= 0.6 is 11.3 Å². The number of urea groups is 1. The van der Waals surface area contributed by atoms with Crippen molar-refractivity contribution in [3.8, 4) is 16.3 Å². The Kier molecular flexibility index (Phi) is 6.73. The zero-order valence-corrected chi connectivity index (χ0v) is 17.5. The maximum absolute atomic E-state index is 12.3. The molecular weight excluding hydrogens is 460 g/mol. The van der Waals surface area contributed by atoms with E-state index >= 15 is 0 Å². The third kappa shape index (κ3) is 5.34. The molecule has 0 atom stereocenters. The summed E-state index contributed by atoms with van der Waals surface area (Å²) in [5.41, 5.74) is -1.38. The van der Waals surface area contributed by atoms with Gasteiger partial charge in [-0.05, 0) is 36.9 Å². The summed E-state index contributed by atoms with van der Waals surface area (Å²) >= 11 is 0.691. The van der Waals surface area contributed by atoms with Gasteiger partial charge in [-0.25, -0.2) is 9.59 Å². The molecule has 0 aliphatic heterocycles. The molecule has 0 aliphatic rings. The van der Waals surface area contributed by atoms with Gasteiger partial charge in [-0.2, -0.15) is 0 Å². The van der Waals surface area contributed by atoms with E-state index in [-0.39, 0.29) is 16.7 Å². The van der Waals surface area contributed by atoms with E-state index in [1.165, 1.54) is 24.3 Å². The number of aromatic nitrogens is 2. The summed E-state index contributed by atoms with van der Waals surface area (Å²) in [5.74, 6) is -1.58. The molecule has 0 fully saturated rings. The number of ether oxygens (including phenoxy) is 1. The first-order chi connectivity index (χ1) is 15.7. The molecule has 1 aromatic heterocycles. The van der Waals surface area contributed by atoms with E-state index in [4.69, 9.17) is 4.74 Å². The first kappa shape index (κ1) is 23.0. The molecule has 0 saturated carbocycles. The number of anilines is 2. The van der Waals surface area contributed by atoms with E-state index in [1.54, 1.807) is 6.92 Å². The molecule has 33 heavy (non-hydrogen) atoms. The molecule has 14 nitrogen and oxygen atoms in total. The van der Waals surface area contributed by atoms with E-state index in [2.05, 4.69) is 20.8 Å². The van der Waals surface area contributed by atoms with Crippen molar-refractivity contribution >= 4 is 45.5 Å². The highest BCUT2D eigenvalue weighted by molar-refractivity contribution is 7.18. The Morgan fingerprint density at radius 2 is 1.76 bits per heavy atom. The summed E-state index contributed by atoms with van der Waals surface area (Å²) in [4.78, 5) is 44.0. The number of hydrogen-bond acceptors (Lipinski definition) is 11. The summed E-state index contributed by atoms with van der Waals surface area (Å²) in [5, 5.41) is 46.4. The van der Waals surface area contributed by atoms with Crippen LogP contribution in [0.15, 0.2) is 36.4 Å². The lowest BCUT2D eigenvalue weighted by Gasteiger charge is -2.10. The van der Waals surface area contributed by atoms with Crippen molar-refractivity contribution in [2.75, 3.05) is 17.2 Å². The van der Waals surface area contributed by atoms with Crippen molar-refractivity contribution in [2.24, 2.45) is 0 Å². The molecule has 0 spiro atoms. The fraction of sp³-hybridized carbons (Fsp3) is 0.111. The molecule has 1 heterocycles. The Morgan fingerprint density at radius 1 is 1.06 bits per heavy atom. The van der Waals surface area contributed by atoms with Crippen molar-refractivity contribution in [3.63, 3.8) is 0 Å². The van der Waals surface area contributed by atoms with Gasteiger partial charge in [-0.15, -0.1) is 10.2 Å². The van der Waals surface area contributed by atoms with Crippen LogP contribution in [0.1, 0.15) is 17.3 Å². The van der Waals surface area contributed by atoms with Gasteiger partial charge in [0.25, 0.3) is 11.4 Å². The van der Waals surface area contributed by atoms with Gasteiger partial charge in [0.2, 0.25) is 5.13 Å². The molecule has 2 N–H and O–H groups in total. The van der Waals surface area contributed by atoms with E-state index in [1.807, 2.05) is 0 Å². The van der Waals surface area contributed by atoms with Crippen LogP contribution in [0, 0.1) is 20.2 Å². The number of nitrogens with zero attached hydrogens (tertiary/aromatic N) is 4. The Bertz CT molecular complexity index is 1240. The lowest BCUT2D eigenvalue weighted by Crippen LogP contribution is -2.19. The summed E-state index contributed by atoms with van der Waals surface area (Å²) in [6.07, 6.45) is 0. The highest BCUT2D eigenvalue weighted by atomic mass is 32.1. The second-order valence-corrected chi connectivity index (χ2v) is 7.12. The minimum atomic E-state index is -1.07. The molecule has 0 aliphatic carbocycles. The van der Waals surface area contributed by atoms with Crippen LogP contribution < -0.4 is 15.7 Å². The monoisotopic (exact) mass is 473 g/mol. The lowest BCUT2D eigenvalue weighted by molar-refractivity contribution is -0.403. The molecule has 3 aromatic rings. The fourth-order valence-corrected chi connectivity index (χ4v) is 3.30. The third-order valence-electron chi connectivity index (χ3n) is 3.99. The second-order valence-electron chi connectivity index (χ2n) is 6.15. The number of non-ortho nitro benzene ring substituents is 1. The number of carbonyl (C=O) groups excluding carboxylic acids is 2. The van der Waals surface area contributed by atoms with E-state index in [0.29, 0.717) is 28.7 Å². The molecule has 2 aromatic carbocycles. The molecule has 170 valence electrons. The van der Waals surface area contributed by atoms with Crippen molar-refractivity contribution in [2.45, 2.75) is 6.92 Å². The van der Waals surface area contributed by atoms with Crippen LogP contribution in [0.5, 0.6) is 5.75 Å². The Labute approximate surface area is 188 Å². The van der Waals surface area contributed by atoms with Crippen LogP contribution in [0.3, 0.4) is 0 Å². The van der Waals surface area contributed by atoms with E-state index in [0.717, 1.165) is 6.07 Å². The number of nitrogens with one attached hydrogen (secondary N) is 2. The Hall–Kier alpha value is -4.66. The van der Waals surface area contributed by atoms with Gasteiger partial charge in [0.1, 0.15) is 5.01 Å². The first-order valence-electron chi connectivity index (χ1n) is 9.02. The average molecular weight is 473 g/mol. The highest BCUT2D eigenvalue weighted by Gasteiger charge is 2.22. The summed E-state index contributed by atoms with van der Waals surface area (Å²) in [6.45, 7) is 1.90. The standard InChI is InChI=1S/C18H14N6O8S/c1-2-32-16(26)9-3-5-10(6-4-9)19-17(27)20-18-22-21-15(33-18)12-7-11(23(28)29)8-13(14(12)25)24(30)31/h3-8,25H,2H2,1H3,(H2,19,20,22,27)/p-1. The topological polar surface area (TPSA) is 203 Å². The van der Waals surface area contributed by atoms with Crippen LogP contribution in [0.25, 0.3) is 10.6 Å². The number of amides is 2. The average Bonchev–Trinajstić information content (AvgIpc) is 3.22. The number of nitro groups is 2. The summed E-state index contributed by atoms with van der Waals surface area (Å²) in [6, 6.07) is 6.56. The number of esters is 1. The molecule has 3 rings (SSSR count). The van der Waals surface area contributed by atoms with Gasteiger partial charge in [0.05, 0.1) is 28.1 Å². The van der Waals surface area contributed by atoms with Crippen LogP contribution in [0.4, 0.5) is 27.0 Å².